The predicted molar refractivity (Wildman–Crippen MR) is 59.6 cm³/mol. The number of carbonyl (C=O) groups is 1. The summed E-state index contributed by atoms with van der Waals surface area (Å²) in [5, 5.41) is 12.8. The molecule has 0 aliphatic heterocycles. The fourth-order valence-corrected chi connectivity index (χ4v) is 2.77. The lowest BCUT2D eigenvalue weighted by Crippen LogP contribution is -2.30. The van der Waals surface area contributed by atoms with Crippen molar-refractivity contribution in [2.24, 2.45) is 0 Å². The number of hydrogen-bond acceptors (Lipinski definition) is 4. The summed E-state index contributed by atoms with van der Waals surface area (Å²) >= 11 is 1.20. The van der Waals surface area contributed by atoms with Gasteiger partial charge in [0.25, 0.3) is 0 Å². The van der Waals surface area contributed by atoms with E-state index in [-0.39, 0.29) is 5.54 Å². The summed E-state index contributed by atoms with van der Waals surface area (Å²) in [5.74, 6) is -0.905. The fraction of sp³-hybridized carbons (Fsp3) is 0.600. The summed E-state index contributed by atoms with van der Waals surface area (Å²) < 4.78 is 0. The van der Waals surface area contributed by atoms with Crippen LogP contribution in [0.2, 0.25) is 0 Å². The average Bonchev–Trinajstić information content (AvgIpc) is 2.75. The number of thiazole rings is 1. The predicted octanol–water partition coefficient (Wildman–Crippen LogP) is 2.59. The smallest absolute Gasteiger partial charge is 0.347 e. The summed E-state index contributed by atoms with van der Waals surface area (Å²) in [4.78, 5) is 15.0. The number of nitrogens with one attached hydrogen (secondary N) is 1. The van der Waals surface area contributed by atoms with E-state index in [1.54, 1.807) is 0 Å². The topological polar surface area (TPSA) is 62.2 Å². The van der Waals surface area contributed by atoms with E-state index < -0.39 is 5.97 Å². The van der Waals surface area contributed by atoms with Gasteiger partial charge in [-0.25, -0.2) is 9.78 Å². The molecule has 82 valence electrons. The molecular formula is C10H14N2O2S. The molecule has 1 aromatic heterocycles. The molecule has 0 radical (unpaired) electrons. The fourth-order valence-electron chi connectivity index (χ4n) is 1.97. The monoisotopic (exact) mass is 226 g/mol. The van der Waals surface area contributed by atoms with Crippen molar-refractivity contribution in [2.45, 2.75) is 38.1 Å². The van der Waals surface area contributed by atoms with Gasteiger partial charge in [0.05, 0.1) is 6.20 Å². The van der Waals surface area contributed by atoms with Crippen LogP contribution in [0, 0.1) is 0 Å². The van der Waals surface area contributed by atoms with Gasteiger partial charge in [0.15, 0.2) is 5.13 Å². The second-order valence-corrected chi connectivity index (χ2v) is 5.26. The number of aromatic carboxylic acids is 1. The Hall–Kier alpha value is -1.10. The van der Waals surface area contributed by atoms with E-state index in [2.05, 4.69) is 17.2 Å². The zero-order chi connectivity index (χ0) is 10.9. The van der Waals surface area contributed by atoms with Gasteiger partial charge in [-0.3, -0.25) is 0 Å². The van der Waals surface area contributed by atoms with Gasteiger partial charge < -0.3 is 10.4 Å². The van der Waals surface area contributed by atoms with Crippen LogP contribution in [0.1, 0.15) is 42.3 Å². The van der Waals surface area contributed by atoms with Gasteiger partial charge in [0.2, 0.25) is 0 Å². The number of hydrogen-bond donors (Lipinski definition) is 2. The minimum absolute atomic E-state index is 0.105. The number of anilines is 1. The third-order valence-corrected chi connectivity index (χ3v) is 3.73. The van der Waals surface area contributed by atoms with Crippen LogP contribution < -0.4 is 5.32 Å². The van der Waals surface area contributed by atoms with Crippen molar-refractivity contribution in [2.75, 3.05) is 5.32 Å². The first-order valence-corrected chi connectivity index (χ1v) is 5.88. The van der Waals surface area contributed by atoms with E-state index in [0.717, 1.165) is 18.0 Å². The van der Waals surface area contributed by atoms with Crippen molar-refractivity contribution in [1.82, 2.24) is 4.98 Å². The molecule has 1 aliphatic carbocycles. The molecule has 1 heterocycles. The third-order valence-electron chi connectivity index (χ3n) is 2.83. The molecule has 1 fully saturated rings. The second-order valence-electron chi connectivity index (χ2n) is 4.23. The molecule has 1 saturated carbocycles. The zero-order valence-electron chi connectivity index (χ0n) is 8.62. The Bertz CT molecular complexity index is 369. The Balaban J connectivity index is 2.07. The van der Waals surface area contributed by atoms with Crippen molar-refractivity contribution >= 4 is 22.4 Å². The maximum Gasteiger partial charge on any atom is 0.347 e. The van der Waals surface area contributed by atoms with Gasteiger partial charge in [0, 0.05) is 5.54 Å². The normalized spacial score (nSPS) is 19.0. The summed E-state index contributed by atoms with van der Waals surface area (Å²) in [6, 6.07) is 0. The van der Waals surface area contributed by atoms with Gasteiger partial charge in [0.1, 0.15) is 4.88 Å². The van der Waals surface area contributed by atoms with Gasteiger partial charge in [-0.2, -0.15) is 0 Å². The molecule has 0 spiro atoms. The molecule has 0 atom stereocenters. The Labute approximate surface area is 92.3 Å². The van der Waals surface area contributed by atoms with Crippen LogP contribution in [-0.2, 0) is 0 Å². The summed E-state index contributed by atoms with van der Waals surface area (Å²) in [7, 11) is 0. The quantitative estimate of drug-likeness (QED) is 0.831. The Morgan fingerprint density at radius 1 is 1.60 bits per heavy atom. The van der Waals surface area contributed by atoms with Crippen LogP contribution in [0.25, 0.3) is 0 Å². The largest absolute Gasteiger partial charge is 0.477 e. The first-order chi connectivity index (χ1) is 7.09. The van der Waals surface area contributed by atoms with Crippen LogP contribution >= 0.6 is 11.3 Å². The Kier molecular flexibility index (Phi) is 2.65. The molecule has 0 bridgehead atoms. The van der Waals surface area contributed by atoms with Crippen molar-refractivity contribution in [3.63, 3.8) is 0 Å². The van der Waals surface area contributed by atoms with Crippen LogP contribution in [0.5, 0.6) is 0 Å². The number of rotatable bonds is 3. The molecule has 4 nitrogen and oxygen atoms in total. The van der Waals surface area contributed by atoms with Gasteiger partial charge in [-0.15, -0.1) is 0 Å². The molecule has 0 unspecified atom stereocenters. The standard InChI is InChI=1S/C10H14N2O2S/c1-10(4-2-3-5-10)12-9-11-6-7(15-9)8(13)14/h6H,2-5H2,1H3,(H,11,12)(H,13,14). The van der Waals surface area contributed by atoms with Gasteiger partial charge in [-0.05, 0) is 19.8 Å². The molecule has 5 heteroatoms. The molecule has 2 N–H and O–H groups in total. The van der Waals surface area contributed by atoms with E-state index in [1.807, 2.05) is 0 Å². The number of carboxylic acids is 1. The summed E-state index contributed by atoms with van der Waals surface area (Å²) in [6.45, 7) is 2.17. The third kappa shape index (κ3) is 2.28. The second kappa shape index (κ2) is 3.81. The lowest BCUT2D eigenvalue weighted by Gasteiger charge is -2.24. The lowest BCUT2D eigenvalue weighted by molar-refractivity contribution is 0.0702. The minimum atomic E-state index is -0.905. The Morgan fingerprint density at radius 2 is 2.27 bits per heavy atom. The molecule has 0 saturated heterocycles. The van der Waals surface area contributed by atoms with E-state index in [9.17, 15) is 4.79 Å². The van der Waals surface area contributed by atoms with Crippen molar-refractivity contribution < 1.29 is 9.90 Å². The molecule has 0 amide bonds. The average molecular weight is 226 g/mol. The maximum absolute atomic E-state index is 10.7. The van der Waals surface area contributed by atoms with E-state index in [0.29, 0.717) is 4.88 Å². The van der Waals surface area contributed by atoms with Crippen LogP contribution in [-0.4, -0.2) is 21.6 Å². The first-order valence-electron chi connectivity index (χ1n) is 5.06. The van der Waals surface area contributed by atoms with Crippen LogP contribution in [0.3, 0.4) is 0 Å². The number of aromatic nitrogens is 1. The number of carboxylic acid groups (broad SMARTS) is 1. The molecule has 1 aromatic rings. The molecule has 1 aliphatic rings. The van der Waals surface area contributed by atoms with Crippen LogP contribution in [0.15, 0.2) is 6.20 Å². The van der Waals surface area contributed by atoms with Crippen molar-refractivity contribution in [1.29, 1.82) is 0 Å². The molecule has 15 heavy (non-hydrogen) atoms. The molecule has 2 rings (SSSR count). The first kappa shape index (κ1) is 10.4. The van der Waals surface area contributed by atoms with Crippen molar-refractivity contribution in [3.05, 3.63) is 11.1 Å². The molecular weight excluding hydrogens is 212 g/mol. The van der Waals surface area contributed by atoms with E-state index in [4.69, 9.17) is 5.11 Å². The lowest BCUT2D eigenvalue weighted by atomic mass is 10.0. The van der Waals surface area contributed by atoms with Gasteiger partial charge in [-0.1, -0.05) is 24.2 Å². The molecule has 0 aromatic carbocycles. The van der Waals surface area contributed by atoms with Crippen molar-refractivity contribution in [3.8, 4) is 0 Å². The number of nitrogens with zero attached hydrogens (tertiary/aromatic N) is 1. The maximum atomic E-state index is 10.7. The minimum Gasteiger partial charge on any atom is -0.477 e. The van der Waals surface area contributed by atoms with E-state index >= 15 is 0 Å². The highest BCUT2D eigenvalue weighted by Crippen LogP contribution is 2.33. The van der Waals surface area contributed by atoms with Gasteiger partial charge >= 0.3 is 5.97 Å². The highest BCUT2D eigenvalue weighted by molar-refractivity contribution is 7.17. The highest BCUT2D eigenvalue weighted by Gasteiger charge is 2.29. The zero-order valence-corrected chi connectivity index (χ0v) is 9.43. The summed E-state index contributed by atoms with van der Waals surface area (Å²) in [5.41, 5.74) is 0.105. The Morgan fingerprint density at radius 3 is 2.80 bits per heavy atom. The highest BCUT2D eigenvalue weighted by atomic mass is 32.1. The van der Waals surface area contributed by atoms with Crippen LogP contribution in [0.4, 0.5) is 5.13 Å². The van der Waals surface area contributed by atoms with E-state index in [1.165, 1.54) is 30.4 Å². The SMILES string of the molecule is CC1(Nc2ncc(C(=O)O)s2)CCCC1. The summed E-state index contributed by atoms with van der Waals surface area (Å²) in [6.07, 6.45) is 6.15.